The molecule has 1 fully saturated rings. The van der Waals surface area contributed by atoms with E-state index in [4.69, 9.17) is 9.47 Å². The quantitative estimate of drug-likeness (QED) is 0.0215. The zero-order valence-corrected chi connectivity index (χ0v) is 55.2. The van der Waals surface area contributed by atoms with Crippen molar-refractivity contribution in [1.82, 2.24) is 5.32 Å². The normalized spacial score (nSPS) is 19.0. The third kappa shape index (κ3) is 48.5. The Morgan fingerprint density at radius 3 is 1.06 bits per heavy atom. The van der Waals surface area contributed by atoms with Crippen LogP contribution in [0.25, 0.3) is 0 Å². The Kier molecular flexibility index (Phi) is 59.3. The Hall–Kier alpha value is -1.41. The van der Waals surface area contributed by atoms with Gasteiger partial charge in [0.2, 0.25) is 5.91 Å². The van der Waals surface area contributed by atoms with E-state index >= 15 is 0 Å². The molecule has 1 rings (SSSR count). The van der Waals surface area contributed by atoms with Crippen LogP contribution >= 0.6 is 0 Å². The maximum Gasteiger partial charge on any atom is 0.249 e. The summed E-state index contributed by atoms with van der Waals surface area (Å²) in [7, 11) is 0. The molecule has 84 heavy (non-hydrogen) atoms. The molecule has 0 aromatic carbocycles. The monoisotopic (exact) mass is 1190 g/mol. The Bertz CT molecular complexity index is 1420. The van der Waals surface area contributed by atoms with Gasteiger partial charge in [0.1, 0.15) is 36.6 Å². The molecule has 1 aliphatic rings. The first-order valence-electron chi connectivity index (χ1n) is 36.7. The second-order valence-electron chi connectivity index (χ2n) is 26.0. The molecule has 1 amide bonds. The minimum Gasteiger partial charge on any atom is -0.394 e. The number of nitrogens with one attached hydrogen (secondary N) is 1. The van der Waals surface area contributed by atoms with Crippen molar-refractivity contribution in [2.24, 2.45) is 0 Å². The van der Waals surface area contributed by atoms with E-state index in [1.54, 1.807) is 0 Å². The highest BCUT2D eigenvalue weighted by atomic mass is 16.7. The molecule has 8 N–H and O–H groups in total. The molecule has 1 heterocycles. The largest absolute Gasteiger partial charge is 0.394 e. The molecule has 11 heteroatoms. The van der Waals surface area contributed by atoms with Gasteiger partial charge in [-0.25, -0.2) is 0 Å². The Balaban J connectivity index is 2.12. The molecular formula is C73H141NO10. The van der Waals surface area contributed by atoms with Gasteiger partial charge in [-0.15, -0.1) is 0 Å². The number of amides is 1. The van der Waals surface area contributed by atoms with Crippen molar-refractivity contribution in [2.45, 2.75) is 422 Å². The van der Waals surface area contributed by atoms with Crippen molar-refractivity contribution in [2.75, 3.05) is 13.2 Å². The van der Waals surface area contributed by atoms with Gasteiger partial charge in [-0.2, -0.15) is 0 Å². The average Bonchev–Trinajstić information content (AvgIpc) is 3.68. The first-order chi connectivity index (χ1) is 41.2. The number of carbonyl (C=O) groups is 1. The van der Waals surface area contributed by atoms with E-state index in [2.05, 4.69) is 43.5 Å². The SMILES string of the molecule is CCCCCCCCCCCCCCCCC/C=C\C/C=C\CCCCCCCCCCCCCCCCCCC(O)C(=O)NC(COC1OC(CO)C(O)C(O)C1O)C(O)C(O)CCCCCCCCCCCCCCCCCCCCC. The maximum atomic E-state index is 13.3. The van der Waals surface area contributed by atoms with Gasteiger partial charge in [-0.3, -0.25) is 4.79 Å². The number of hydrogen-bond acceptors (Lipinski definition) is 10. The predicted octanol–water partition coefficient (Wildman–Crippen LogP) is 18.0. The second kappa shape index (κ2) is 61.8. The first kappa shape index (κ1) is 80.6. The van der Waals surface area contributed by atoms with Crippen molar-refractivity contribution >= 4 is 5.91 Å². The van der Waals surface area contributed by atoms with E-state index < -0.39 is 74.2 Å². The topological polar surface area (TPSA) is 189 Å². The van der Waals surface area contributed by atoms with Crippen LogP contribution in [-0.4, -0.2) is 110 Å². The van der Waals surface area contributed by atoms with Crippen LogP contribution < -0.4 is 5.32 Å². The zero-order valence-electron chi connectivity index (χ0n) is 55.2. The highest BCUT2D eigenvalue weighted by Crippen LogP contribution is 2.24. The number of hydrogen-bond donors (Lipinski definition) is 8. The van der Waals surface area contributed by atoms with Gasteiger partial charge in [0.15, 0.2) is 6.29 Å². The Morgan fingerprint density at radius 1 is 0.417 bits per heavy atom. The van der Waals surface area contributed by atoms with E-state index in [1.165, 1.54) is 283 Å². The van der Waals surface area contributed by atoms with Gasteiger partial charge in [0, 0.05) is 0 Å². The highest BCUT2D eigenvalue weighted by Gasteiger charge is 2.44. The van der Waals surface area contributed by atoms with Crippen LogP contribution in [-0.2, 0) is 14.3 Å². The van der Waals surface area contributed by atoms with Gasteiger partial charge >= 0.3 is 0 Å². The van der Waals surface area contributed by atoms with Crippen molar-refractivity contribution in [3.05, 3.63) is 24.3 Å². The maximum absolute atomic E-state index is 13.3. The summed E-state index contributed by atoms with van der Waals surface area (Å²) in [4.78, 5) is 13.3. The molecule has 0 bridgehead atoms. The molecule has 11 nitrogen and oxygen atoms in total. The number of carbonyl (C=O) groups excluding carboxylic acids is 1. The van der Waals surface area contributed by atoms with Crippen LogP contribution in [0.15, 0.2) is 24.3 Å². The number of aliphatic hydroxyl groups excluding tert-OH is 7. The molecule has 0 saturated carbocycles. The van der Waals surface area contributed by atoms with Crippen LogP contribution in [0.5, 0.6) is 0 Å². The van der Waals surface area contributed by atoms with E-state index in [-0.39, 0.29) is 6.42 Å². The number of allylic oxidation sites excluding steroid dienone is 4. The van der Waals surface area contributed by atoms with Crippen molar-refractivity contribution in [1.29, 1.82) is 0 Å². The summed E-state index contributed by atoms with van der Waals surface area (Å²) in [5.41, 5.74) is 0. The first-order valence-corrected chi connectivity index (χ1v) is 36.7. The van der Waals surface area contributed by atoms with Crippen LogP contribution in [0.3, 0.4) is 0 Å². The summed E-state index contributed by atoms with van der Waals surface area (Å²) in [5, 5.41) is 76.5. The predicted molar refractivity (Wildman–Crippen MR) is 353 cm³/mol. The van der Waals surface area contributed by atoms with Crippen LogP contribution in [0.2, 0.25) is 0 Å². The Morgan fingerprint density at radius 2 is 0.726 bits per heavy atom. The summed E-state index contributed by atoms with van der Waals surface area (Å²) < 4.78 is 11.2. The number of unbranched alkanes of at least 4 members (excludes halogenated alkanes) is 49. The molecule has 498 valence electrons. The van der Waals surface area contributed by atoms with Crippen molar-refractivity contribution in [3.8, 4) is 0 Å². The van der Waals surface area contributed by atoms with Crippen LogP contribution in [0, 0.1) is 0 Å². The molecule has 0 radical (unpaired) electrons. The average molecular weight is 1190 g/mol. The number of aliphatic hydroxyl groups is 7. The minimum atomic E-state index is -1.66. The summed E-state index contributed by atoms with van der Waals surface area (Å²) in [6, 6.07) is -1.17. The lowest BCUT2D eigenvalue weighted by atomic mass is 9.98. The second-order valence-corrected chi connectivity index (χ2v) is 26.0. The molecule has 0 aromatic heterocycles. The fourth-order valence-electron chi connectivity index (χ4n) is 12.1. The molecule has 9 atom stereocenters. The van der Waals surface area contributed by atoms with Gasteiger partial charge in [0.05, 0.1) is 25.4 Å². The fraction of sp³-hybridized carbons (Fsp3) is 0.932. The van der Waals surface area contributed by atoms with Crippen LogP contribution in [0.1, 0.15) is 367 Å². The van der Waals surface area contributed by atoms with Crippen LogP contribution in [0.4, 0.5) is 0 Å². The van der Waals surface area contributed by atoms with E-state index in [1.807, 2.05) is 0 Å². The lowest BCUT2D eigenvalue weighted by Crippen LogP contribution is -2.60. The minimum absolute atomic E-state index is 0.263. The lowest BCUT2D eigenvalue weighted by molar-refractivity contribution is -0.303. The van der Waals surface area contributed by atoms with E-state index in [0.29, 0.717) is 19.3 Å². The summed E-state index contributed by atoms with van der Waals surface area (Å²) in [6.45, 7) is 3.52. The zero-order chi connectivity index (χ0) is 61.0. The van der Waals surface area contributed by atoms with Gasteiger partial charge in [-0.1, -0.05) is 346 Å². The van der Waals surface area contributed by atoms with E-state index in [9.17, 15) is 40.5 Å². The van der Waals surface area contributed by atoms with E-state index in [0.717, 1.165) is 44.9 Å². The number of rotatable bonds is 65. The Labute approximate surface area is 518 Å². The van der Waals surface area contributed by atoms with Gasteiger partial charge in [-0.05, 0) is 44.9 Å². The summed E-state index contributed by atoms with van der Waals surface area (Å²) in [6.07, 6.45) is 67.1. The lowest BCUT2D eigenvalue weighted by Gasteiger charge is -2.40. The molecule has 1 saturated heterocycles. The highest BCUT2D eigenvalue weighted by molar-refractivity contribution is 5.80. The van der Waals surface area contributed by atoms with Gasteiger partial charge in [0.25, 0.3) is 0 Å². The molecular weight excluding hydrogens is 1050 g/mol. The molecule has 0 spiro atoms. The third-order valence-corrected chi connectivity index (χ3v) is 18.0. The fourth-order valence-corrected chi connectivity index (χ4v) is 12.1. The molecule has 0 aliphatic carbocycles. The van der Waals surface area contributed by atoms with Crippen molar-refractivity contribution < 1.29 is 50.0 Å². The third-order valence-electron chi connectivity index (χ3n) is 18.0. The standard InChI is InChI=1S/C73H141NO10/c1-3-5-7-9-11-13-15-17-19-21-23-24-25-26-27-28-29-30-31-32-33-34-35-36-37-38-39-40-41-43-45-47-49-51-53-55-57-59-61-66(77)72(82)74-64(63-83-73-71(81)70(80)69(79)67(62-75)84-73)68(78)65(76)60-58-56-54-52-50-48-46-44-42-22-20-18-16-14-12-10-8-6-4-2/h29-30,32-33,64-71,73,75-81H,3-28,31,34-63H2,1-2H3,(H,74,82)/b30-29-,33-32-. The smallest absolute Gasteiger partial charge is 0.249 e. The van der Waals surface area contributed by atoms with Gasteiger partial charge < -0.3 is 50.5 Å². The van der Waals surface area contributed by atoms with Crippen molar-refractivity contribution in [3.63, 3.8) is 0 Å². The summed E-state index contributed by atoms with van der Waals surface area (Å²) in [5.74, 6) is -0.690. The summed E-state index contributed by atoms with van der Waals surface area (Å²) >= 11 is 0. The molecule has 1 aliphatic heterocycles. The molecule has 9 unspecified atom stereocenters. The number of ether oxygens (including phenoxy) is 2. The molecule has 0 aromatic rings.